The zero-order valence-electron chi connectivity index (χ0n) is 15.4. The first-order chi connectivity index (χ1) is 12.2. The molecule has 0 spiro atoms. The predicted molar refractivity (Wildman–Crippen MR) is 102 cm³/mol. The van der Waals surface area contributed by atoms with Gasteiger partial charge in [0.1, 0.15) is 0 Å². The monoisotopic (exact) mass is 376 g/mol. The number of rotatable bonds is 7. The quantitative estimate of drug-likeness (QED) is 0.728. The number of aryl methyl sites for hydroxylation is 3. The maximum atomic E-state index is 12.7. The van der Waals surface area contributed by atoms with Gasteiger partial charge in [-0.2, -0.15) is 0 Å². The molecule has 2 rings (SSSR count). The van der Waals surface area contributed by atoms with Crippen LogP contribution in [0.15, 0.2) is 41.3 Å². The second kappa shape index (κ2) is 8.33. The highest BCUT2D eigenvalue weighted by Gasteiger charge is 2.18. The molecule has 26 heavy (non-hydrogen) atoms. The maximum absolute atomic E-state index is 12.7. The van der Waals surface area contributed by atoms with Gasteiger partial charge in [0, 0.05) is 24.9 Å². The van der Waals surface area contributed by atoms with E-state index in [0.29, 0.717) is 30.0 Å². The standard InChI is InChI=1S/C19H24N2O4S/c1-13-5-7-16(11-15(13)3)21-26(23,24)17-8-6-14(2)18(12-17)19(22)20-9-10-25-4/h5-8,11-12,21H,9-10H2,1-4H3,(H,20,22). The van der Waals surface area contributed by atoms with Gasteiger partial charge in [-0.25, -0.2) is 8.42 Å². The van der Waals surface area contributed by atoms with E-state index in [0.717, 1.165) is 11.1 Å². The summed E-state index contributed by atoms with van der Waals surface area (Å²) in [4.78, 5) is 12.3. The average molecular weight is 376 g/mol. The Kier molecular flexibility index (Phi) is 6.39. The van der Waals surface area contributed by atoms with Crippen LogP contribution in [-0.4, -0.2) is 34.6 Å². The molecule has 0 radical (unpaired) electrons. The third-order valence-electron chi connectivity index (χ3n) is 4.11. The molecule has 0 aliphatic rings. The normalized spacial score (nSPS) is 11.2. The Hall–Kier alpha value is -2.38. The molecule has 0 fully saturated rings. The molecule has 7 heteroatoms. The lowest BCUT2D eigenvalue weighted by atomic mass is 10.1. The van der Waals surface area contributed by atoms with Crippen molar-refractivity contribution in [2.75, 3.05) is 25.0 Å². The number of nitrogens with one attached hydrogen (secondary N) is 2. The minimum Gasteiger partial charge on any atom is -0.383 e. The molecule has 0 aromatic heterocycles. The van der Waals surface area contributed by atoms with E-state index in [1.807, 2.05) is 19.9 Å². The highest BCUT2D eigenvalue weighted by molar-refractivity contribution is 7.92. The summed E-state index contributed by atoms with van der Waals surface area (Å²) in [7, 11) is -2.25. The fourth-order valence-electron chi connectivity index (χ4n) is 2.39. The fourth-order valence-corrected chi connectivity index (χ4v) is 3.47. The second-order valence-corrected chi connectivity index (χ2v) is 7.81. The van der Waals surface area contributed by atoms with E-state index in [4.69, 9.17) is 4.74 Å². The van der Waals surface area contributed by atoms with E-state index in [-0.39, 0.29) is 10.8 Å². The largest absolute Gasteiger partial charge is 0.383 e. The summed E-state index contributed by atoms with van der Waals surface area (Å²) >= 11 is 0. The molecule has 0 aliphatic carbocycles. The van der Waals surface area contributed by atoms with Crippen LogP contribution in [-0.2, 0) is 14.8 Å². The highest BCUT2D eigenvalue weighted by Crippen LogP contribution is 2.21. The van der Waals surface area contributed by atoms with E-state index >= 15 is 0 Å². The number of anilines is 1. The Bertz CT molecular complexity index is 908. The van der Waals surface area contributed by atoms with Crippen LogP contribution < -0.4 is 10.0 Å². The van der Waals surface area contributed by atoms with Crippen molar-refractivity contribution in [2.24, 2.45) is 0 Å². The molecule has 2 aromatic rings. The van der Waals surface area contributed by atoms with Crippen molar-refractivity contribution in [3.05, 3.63) is 58.7 Å². The Morgan fingerprint density at radius 1 is 1.00 bits per heavy atom. The van der Waals surface area contributed by atoms with Gasteiger partial charge < -0.3 is 10.1 Å². The molecule has 1 amide bonds. The molecule has 2 N–H and O–H groups in total. The van der Waals surface area contributed by atoms with E-state index < -0.39 is 10.0 Å². The molecule has 2 aromatic carbocycles. The van der Waals surface area contributed by atoms with Crippen molar-refractivity contribution in [3.8, 4) is 0 Å². The van der Waals surface area contributed by atoms with Gasteiger partial charge in [0.2, 0.25) is 0 Å². The van der Waals surface area contributed by atoms with Crippen LogP contribution in [0.3, 0.4) is 0 Å². The van der Waals surface area contributed by atoms with Crippen molar-refractivity contribution in [3.63, 3.8) is 0 Å². The summed E-state index contributed by atoms with van der Waals surface area (Å²) in [6.07, 6.45) is 0. The van der Waals surface area contributed by atoms with Crippen LogP contribution in [0, 0.1) is 20.8 Å². The molecule has 0 saturated carbocycles. The van der Waals surface area contributed by atoms with Crippen LogP contribution in [0.25, 0.3) is 0 Å². The summed E-state index contributed by atoms with van der Waals surface area (Å²) in [5.74, 6) is -0.331. The van der Waals surface area contributed by atoms with Gasteiger partial charge >= 0.3 is 0 Å². The topological polar surface area (TPSA) is 84.5 Å². The van der Waals surface area contributed by atoms with Crippen molar-refractivity contribution >= 4 is 21.6 Å². The van der Waals surface area contributed by atoms with E-state index in [1.54, 1.807) is 32.2 Å². The maximum Gasteiger partial charge on any atom is 0.261 e. The molecular weight excluding hydrogens is 352 g/mol. The van der Waals surface area contributed by atoms with Crippen LogP contribution in [0.2, 0.25) is 0 Å². The number of ether oxygens (including phenoxy) is 1. The predicted octanol–water partition coefficient (Wildman–Crippen LogP) is 2.79. The summed E-state index contributed by atoms with van der Waals surface area (Å²) in [6.45, 7) is 6.38. The van der Waals surface area contributed by atoms with Crippen molar-refractivity contribution < 1.29 is 17.9 Å². The summed E-state index contributed by atoms with van der Waals surface area (Å²) in [6, 6.07) is 9.86. The molecule has 0 unspecified atom stereocenters. The zero-order valence-corrected chi connectivity index (χ0v) is 16.2. The Balaban J connectivity index is 2.27. The van der Waals surface area contributed by atoms with Crippen LogP contribution in [0.1, 0.15) is 27.0 Å². The summed E-state index contributed by atoms with van der Waals surface area (Å²) in [5.41, 5.74) is 3.58. The number of methoxy groups -OCH3 is 1. The third-order valence-corrected chi connectivity index (χ3v) is 5.49. The smallest absolute Gasteiger partial charge is 0.261 e. The SMILES string of the molecule is COCCNC(=O)c1cc(S(=O)(=O)Nc2ccc(C)c(C)c2)ccc1C. The first kappa shape index (κ1) is 19.9. The Morgan fingerprint density at radius 2 is 1.69 bits per heavy atom. The van der Waals surface area contributed by atoms with Gasteiger partial charge in [0.25, 0.3) is 15.9 Å². The van der Waals surface area contributed by atoms with Crippen molar-refractivity contribution in [1.29, 1.82) is 0 Å². The number of carbonyl (C=O) groups excluding carboxylic acids is 1. The minimum atomic E-state index is -3.80. The summed E-state index contributed by atoms with van der Waals surface area (Å²) < 4.78 is 32.8. The molecule has 6 nitrogen and oxygen atoms in total. The van der Waals surface area contributed by atoms with E-state index in [9.17, 15) is 13.2 Å². The number of sulfonamides is 1. The number of hydrogen-bond donors (Lipinski definition) is 2. The molecule has 0 aliphatic heterocycles. The van der Waals surface area contributed by atoms with Crippen LogP contribution >= 0.6 is 0 Å². The molecule has 0 atom stereocenters. The van der Waals surface area contributed by atoms with Crippen LogP contribution in [0.4, 0.5) is 5.69 Å². The number of hydrogen-bond acceptors (Lipinski definition) is 4. The Morgan fingerprint density at radius 3 is 2.35 bits per heavy atom. The number of carbonyl (C=O) groups is 1. The number of benzene rings is 2. The van der Waals surface area contributed by atoms with E-state index in [2.05, 4.69) is 10.0 Å². The highest BCUT2D eigenvalue weighted by atomic mass is 32.2. The fraction of sp³-hybridized carbons (Fsp3) is 0.316. The molecular formula is C19H24N2O4S. The molecule has 0 bridgehead atoms. The molecule has 0 heterocycles. The first-order valence-electron chi connectivity index (χ1n) is 8.22. The first-order valence-corrected chi connectivity index (χ1v) is 9.71. The van der Waals surface area contributed by atoms with Gasteiger partial charge in [0.05, 0.1) is 11.5 Å². The lowest BCUT2D eigenvalue weighted by molar-refractivity contribution is 0.0936. The van der Waals surface area contributed by atoms with Gasteiger partial charge in [-0.15, -0.1) is 0 Å². The van der Waals surface area contributed by atoms with Gasteiger partial charge in [-0.05, 0) is 61.7 Å². The van der Waals surface area contributed by atoms with Gasteiger partial charge in [0.15, 0.2) is 0 Å². The lowest BCUT2D eigenvalue weighted by Crippen LogP contribution is -2.28. The van der Waals surface area contributed by atoms with Crippen molar-refractivity contribution in [1.82, 2.24) is 5.32 Å². The van der Waals surface area contributed by atoms with Gasteiger partial charge in [-0.1, -0.05) is 12.1 Å². The molecule has 140 valence electrons. The Labute approximate surface area is 154 Å². The number of amides is 1. The average Bonchev–Trinajstić information content (AvgIpc) is 2.58. The van der Waals surface area contributed by atoms with Gasteiger partial charge in [-0.3, -0.25) is 9.52 Å². The van der Waals surface area contributed by atoms with E-state index in [1.165, 1.54) is 12.1 Å². The minimum absolute atomic E-state index is 0.0400. The van der Waals surface area contributed by atoms with Crippen LogP contribution in [0.5, 0.6) is 0 Å². The molecule has 0 saturated heterocycles. The second-order valence-electron chi connectivity index (χ2n) is 6.13. The summed E-state index contributed by atoms with van der Waals surface area (Å²) in [5, 5.41) is 2.70. The third kappa shape index (κ3) is 4.83. The van der Waals surface area contributed by atoms with Crippen molar-refractivity contribution in [2.45, 2.75) is 25.7 Å². The zero-order chi connectivity index (χ0) is 19.3. The lowest BCUT2D eigenvalue weighted by Gasteiger charge is -2.12.